The lowest BCUT2D eigenvalue weighted by atomic mass is 9.93. The molecule has 4 nitrogen and oxygen atoms in total. The van der Waals surface area contributed by atoms with Gasteiger partial charge in [0.15, 0.2) is 5.13 Å². The van der Waals surface area contributed by atoms with E-state index in [-0.39, 0.29) is 0 Å². The van der Waals surface area contributed by atoms with Gasteiger partial charge in [-0.15, -0.1) is 0 Å². The van der Waals surface area contributed by atoms with Crippen LogP contribution in [0.2, 0.25) is 10.0 Å². The van der Waals surface area contributed by atoms with E-state index in [9.17, 15) is 0 Å². The van der Waals surface area contributed by atoms with Gasteiger partial charge in [0, 0.05) is 68.8 Å². The summed E-state index contributed by atoms with van der Waals surface area (Å²) in [6.07, 6.45) is 5.73. The number of aliphatic imine (C=N–C) groups is 1. The minimum atomic E-state index is 0.357. The number of aromatic amines is 1. The molecule has 5 rings (SSSR count). The number of rotatable bonds is 7. The molecule has 0 saturated heterocycles. The number of thiol groups is 1. The van der Waals surface area contributed by atoms with Gasteiger partial charge in [0.05, 0.1) is 16.8 Å². The molecule has 9 heteroatoms. The van der Waals surface area contributed by atoms with Crippen LogP contribution in [0.1, 0.15) is 17.2 Å². The van der Waals surface area contributed by atoms with Crippen LogP contribution >= 0.6 is 58.9 Å². The molecule has 2 aromatic carbocycles. The molecular formula is C24H22Cl2N4S3. The minimum absolute atomic E-state index is 0.357. The fourth-order valence-electron chi connectivity index (χ4n) is 4.24. The van der Waals surface area contributed by atoms with Crippen molar-refractivity contribution in [2.45, 2.75) is 12.5 Å². The summed E-state index contributed by atoms with van der Waals surface area (Å²) >= 11 is 20.3. The number of halogens is 2. The van der Waals surface area contributed by atoms with Crippen LogP contribution in [0.15, 0.2) is 53.7 Å². The summed E-state index contributed by atoms with van der Waals surface area (Å²) in [7, 11) is 0. The van der Waals surface area contributed by atoms with Crippen LogP contribution in [0.4, 0.5) is 5.13 Å². The quantitative estimate of drug-likeness (QED) is 0.147. The minimum Gasteiger partial charge on any atom is -0.357 e. The largest absolute Gasteiger partial charge is 0.357 e. The third-order valence-corrected chi connectivity index (χ3v) is 8.38. The Labute approximate surface area is 216 Å². The predicted molar refractivity (Wildman–Crippen MR) is 151 cm³/mol. The highest BCUT2D eigenvalue weighted by Gasteiger charge is 2.30. The second kappa shape index (κ2) is 10.3. The maximum Gasteiger partial charge on any atom is 0.186 e. The summed E-state index contributed by atoms with van der Waals surface area (Å²) in [5, 5.41) is 3.77. The van der Waals surface area contributed by atoms with Crippen molar-refractivity contribution in [1.29, 1.82) is 0 Å². The molecular weight excluding hydrogens is 511 g/mol. The molecule has 0 radical (unpaired) electrons. The Hall–Kier alpha value is -1.64. The number of H-pyrrole nitrogens is 1. The summed E-state index contributed by atoms with van der Waals surface area (Å²) in [6.45, 7) is 1.71. The third kappa shape index (κ3) is 5.08. The van der Waals surface area contributed by atoms with Gasteiger partial charge in [-0.05, 0) is 42.0 Å². The molecule has 4 aromatic rings. The van der Waals surface area contributed by atoms with E-state index in [0.29, 0.717) is 11.7 Å². The Morgan fingerprint density at radius 1 is 1.24 bits per heavy atom. The van der Waals surface area contributed by atoms with E-state index < -0.39 is 0 Å². The average molecular weight is 534 g/mol. The normalized spacial score (nSPS) is 16.6. The zero-order chi connectivity index (χ0) is 22.8. The molecule has 3 heterocycles. The first kappa shape index (κ1) is 23.1. The lowest BCUT2D eigenvalue weighted by Crippen LogP contribution is -2.34. The number of thioether (sulfide) groups is 1. The SMILES string of the molecule is SCC=N/C=C\CSCC1CN(c2nc3ccc(Cl)cc3s2)Cc2[nH]c3ccc(Cl)cc3c21. The molecule has 0 fully saturated rings. The number of nitrogens with zero attached hydrogens (tertiary/aromatic N) is 3. The second-order valence-electron chi connectivity index (χ2n) is 7.83. The van der Waals surface area contributed by atoms with Gasteiger partial charge in [-0.2, -0.15) is 24.4 Å². The van der Waals surface area contributed by atoms with E-state index in [4.69, 9.17) is 28.2 Å². The lowest BCUT2D eigenvalue weighted by Gasteiger charge is -2.33. The smallest absolute Gasteiger partial charge is 0.186 e. The van der Waals surface area contributed by atoms with Crippen molar-refractivity contribution >= 4 is 91.4 Å². The Morgan fingerprint density at radius 3 is 2.97 bits per heavy atom. The van der Waals surface area contributed by atoms with E-state index in [1.165, 1.54) is 16.6 Å². The molecule has 1 atom stereocenters. The number of fused-ring (bicyclic) bond motifs is 4. The second-order valence-corrected chi connectivity index (χ2v) is 11.2. The molecule has 0 aliphatic carbocycles. The van der Waals surface area contributed by atoms with E-state index in [1.54, 1.807) is 17.6 Å². The van der Waals surface area contributed by atoms with Crippen LogP contribution in [-0.2, 0) is 6.54 Å². The maximum atomic E-state index is 6.36. The molecule has 0 bridgehead atoms. The third-order valence-electron chi connectivity index (χ3n) is 5.60. The first-order chi connectivity index (χ1) is 16.1. The van der Waals surface area contributed by atoms with Gasteiger partial charge in [-0.3, -0.25) is 4.99 Å². The highest BCUT2D eigenvalue weighted by molar-refractivity contribution is 7.99. The Morgan fingerprint density at radius 2 is 2.09 bits per heavy atom. The van der Waals surface area contributed by atoms with Crippen molar-refractivity contribution in [3.05, 3.63) is 70.0 Å². The molecule has 1 unspecified atom stereocenters. The zero-order valence-electron chi connectivity index (χ0n) is 17.7. The van der Waals surface area contributed by atoms with E-state index in [0.717, 1.165) is 55.5 Å². The molecule has 33 heavy (non-hydrogen) atoms. The molecule has 170 valence electrons. The van der Waals surface area contributed by atoms with Gasteiger partial charge < -0.3 is 9.88 Å². The van der Waals surface area contributed by atoms with E-state index in [2.05, 4.69) is 45.7 Å². The Bertz CT molecular complexity index is 1340. The first-order valence-corrected chi connectivity index (χ1v) is 13.9. The van der Waals surface area contributed by atoms with Gasteiger partial charge in [0.2, 0.25) is 0 Å². The van der Waals surface area contributed by atoms with Crippen LogP contribution in [-0.4, -0.2) is 40.0 Å². The monoisotopic (exact) mass is 532 g/mol. The van der Waals surface area contributed by atoms with E-state index >= 15 is 0 Å². The number of hydrogen-bond acceptors (Lipinski definition) is 6. The Balaban J connectivity index is 1.43. The first-order valence-electron chi connectivity index (χ1n) is 10.6. The highest BCUT2D eigenvalue weighted by atomic mass is 35.5. The molecule has 1 N–H and O–H groups in total. The Kier molecular flexibility index (Phi) is 7.23. The van der Waals surface area contributed by atoms with E-state index in [1.807, 2.05) is 42.2 Å². The van der Waals surface area contributed by atoms with Crippen molar-refractivity contribution in [1.82, 2.24) is 9.97 Å². The average Bonchev–Trinajstić information content (AvgIpc) is 3.39. The number of hydrogen-bond donors (Lipinski definition) is 2. The van der Waals surface area contributed by atoms with Crippen molar-refractivity contribution in [2.24, 2.45) is 4.99 Å². The number of aromatic nitrogens is 2. The van der Waals surface area contributed by atoms with Crippen LogP contribution in [0, 0.1) is 0 Å². The van der Waals surface area contributed by atoms with Gasteiger partial charge in [0.25, 0.3) is 0 Å². The molecule has 0 spiro atoms. The number of benzene rings is 2. The molecule has 2 aromatic heterocycles. The fourth-order valence-corrected chi connectivity index (χ4v) is 6.67. The van der Waals surface area contributed by atoms with Gasteiger partial charge in [-0.25, -0.2) is 4.98 Å². The molecule has 1 aliphatic rings. The van der Waals surface area contributed by atoms with Crippen molar-refractivity contribution < 1.29 is 0 Å². The number of anilines is 1. The van der Waals surface area contributed by atoms with Gasteiger partial charge >= 0.3 is 0 Å². The topological polar surface area (TPSA) is 44.3 Å². The summed E-state index contributed by atoms with van der Waals surface area (Å²) in [5.41, 5.74) is 4.76. The molecule has 1 aliphatic heterocycles. The van der Waals surface area contributed by atoms with Crippen molar-refractivity contribution in [2.75, 3.05) is 28.7 Å². The summed E-state index contributed by atoms with van der Waals surface area (Å²) in [4.78, 5) is 15.1. The summed E-state index contributed by atoms with van der Waals surface area (Å²) < 4.78 is 1.12. The lowest BCUT2D eigenvalue weighted by molar-refractivity contribution is 0.642. The van der Waals surface area contributed by atoms with Crippen molar-refractivity contribution in [3.8, 4) is 0 Å². The predicted octanol–water partition coefficient (Wildman–Crippen LogP) is 7.44. The van der Waals surface area contributed by atoms with Gasteiger partial charge in [-0.1, -0.05) is 40.6 Å². The molecule has 0 amide bonds. The van der Waals surface area contributed by atoms with Gasteiger partial charge in [0.1, 0.15) is 0 Å². The summed E-state index contributed by atoms with van der Waals surface area (Å²) in [6, 6.07) is 12.0. The standard InChI is InChI=1S/C24H22Cl2N4S3/c25-16-2-4-19-18(10-16)23-15(14-32-9-1-6-27-7-8-31)12-30(13-21(23)28-19)24-29-20-5-3-17(26)11-22(20)33-24/h1-7,10-11,15,28,31H,8-9,12-14H2/b6-1-,27-7?. The highest BCUT2D eigenvalue weighted by Crippen LogP contribution is 2.40. The van der Waals surface area contributed by atoms with Crippen LogP contribution in [0.25, 0.3) is 21.1 Å². The maximum absolute atomic E-state index is 6.36. The van der Waals surface area contributed by atoms with Crippen LogP contribution < -0.4 is 4.90 Å². The zero-order valence-corrected chi connectivity index (χ0v) is 21.7. The fraction of sp³-hybridized carbons (Fsp3) is 0.250. The van der Waals surface area contributed by atoms with Crippen LogP contribution in [0.5, 0.6) is 0 Å². The van der Waals surface area contributed by atoms with Crippen molar-refractivity contribution in [3.63, 3.8) is 0 Å². The number of nitrogens with one attached hydrogen (secondary N) is 1. The molecule has 0 saturated carbocycles. The van der Waals surface area contributed by atoms with Crippen LogP contribution in [0.3, 0.4) is 0 Å². The number of thiazole rings is 1. The summed E-state index contributed by atoms with van der Waals surface area (Å²) in [5.74, 6) is 2.92.